The lowest BCUT2D eigenvalue weighted by atomic mass is 10.2. The van der Waals surface area contributed by atoms with E-state index in [0.29, 0.717) is 24.2 Å². The Morgan fingerprint density at radius 2 is 2.19 bits per heavy atom. The van der Waals surface area contributed by atoms with E-state index in [9.17, 15) is 4.79 Å². The number of rotatable bonds is 5. The molecule has 4 heteroatoms. The smallest absolute Gasteiger partial charge is 0.225 e. The van der Waals surface area contributed by atoms with Gasteiger partial charge in [0.15, 0.2) is 0 Å². The minimum Gasteiger partial charge on any atom is -0.325 e. The number of nitrogens with zero attached hydrogens (tertiary/aromatic N) is 1. The number of para-hydroxylation sites is 1. The highest BCUT2D eigenvalue weighted by atomic mass is 16.1. The molecule has 0 bridgehead atoms. The predicted molar refractivity (Wildman–Crippen MR) is 62.9 cm³/mol. The summed E-state index contributed by atoms with van der Waals surface area (Å²) in [5, 5.41) is 14.6. The van der Waals surface area contributed by atoms with Crippen LogP contribution in [0.5, 0.6) is 0 Å². The standard InChI is InChI=1S/C12H15N3O/c1-2-14-8-7-12(16)15-11-6-4-3-5-10(11)9-13/h3-6,14H,2,7-8H2,1H3,(H,15,16). The van der Waals surface area contributed by atoms with Crippen molar-refractivity contribution in [1.82, 2.24) is 5.32 Å². The van der Waals surface area contributed by atoms with E-state index in [1.807, 2.05) is 13.0 Å². The van der Waals surface area contributed by atoms with Gasteiger partial charge in [0.05, 0.1) is 11.3 Å². The number of carbonyl (C=O) groups is 1. The van der Waals surface area contributed by atoms with Crippen molar-refractivity contribution >= 4 is 11.6 Å². The molecule has 0 aromatic heterocycles. The molecule has 16 heavy (non-hydrogen) atoms. The SMILES string of the molecule is CCNCCC(=O)Nc1ccccc1C#N. The van der Waals surface area contributed by atoms with Crippen molar-refractivity contribution in [2.75, 3.05) is 18.4 Å². The van der Waals surface area contributed by atoms with Crippen molar-refractivity contribution in [3.8, 4) is 6.07 Å². The van der Waals surface area contributed by atoms with E-state index < -0.39 is 0 Å². The van der Waals surface area contributed by atoms with Crippen molar-refractivity contribution in [2.45, 2.75) is 13.3 Å². The van der Waals surface area contributed by atoms with E-state index in [1.165, 1.54) is 0 Å². The maximum absolute atomic E-state index is 11.5. The fourth-order valence-corrected chi connectivity index (χ4v) is 1.28. The van der Waals surface area contributed by atoms with Gasteiger partial charge in [0, 0.05) is 13.0 Å². The summed E-state index contributed by atoms with van der Waals surface area (Å²) in [6, 6.07) is 9.01. The lowest BCUT2D eigenvalue weighted by molar-refractivity contribution is -0.116. The molecule has 0 saturated heterocycles. The molecule has 0 fully saturated rings. The second-order valence-corrected chi connectivity index (χ2v) is 3.31. The summed E-state index contributed by atoms with van der Waals surface area (Å²) in [5.41, 5.74) is 1.06. The normalized spacial score (nSPS) is 9.50. The molecule has 0 heterocycles. The molecule has 0 unspecified atom stereocenters. The van der Waals surface area contributed by atoms with Crippen LogP contribution in [0.3, 0.4) is 0 Å². The molecule has 1 aromatic rings. The van der Waals surface area contributed by atoms with Crippen LogP contribution in [-0.2, 0) is 4.79 Å². The van der Waals surface area contributed by atoms with Crippen LogP contribution < -0.4 is 10.6 Å². The number of benzene rings is 1. The van der Waals surface area contributed by atoms with Gasteiger partial charge in [0.2, 0.25) is 5.91 Å². The van der Waals surface area contributed by atoms with E-state index in [-0.39, 0.29) is 5.91 Å². The molecule has 0 aliphatic heterocycles. The van der Waals surface area contributed by atoms with Gasteiger partial charge in [0.1, 0.15) is 6.07 Å². The third-order valence-electron chi connectivity index (χ3n) is 2.10. The molecule has 0 atom stereocenters. The number of hydrogen-bond donors (Lipinski definition) is 2. The number of carbonyl (C=O) groups excluding carboxylic acids is 1. The molecule has 0 saturated carbocycles. The summed E-state index contributed by atoms with van der Waals surface area (Å²) >= 11 is 0. The van der Waals surface area contributed by atoms with Crippen LogP contribution in [0, 0.1) is 11.3 Å². The molecule has 4 nitrogen and oxygen atoms in total. The Bertz CT molecular complexity index is 395. The van der Waals surface area contributed by atoms with Gasteiger partial charge in [-0.3, -0.25) is 4.79 Å². The van der Waals surface area contributed by atoms with Crippen LogP contribution >= 0.6 is 0 Å². The average Bonchev–Trinajstić information content (AvgIpc) is 2.30. The first-order valence-corrected chi connectivity index (χ1v) is 5.27. The van der Waals surface area contributed by atoms with Crippen molar-refractivity contribution in [2.24, 2.45) is 0 Å². The number of nitrogens with one attached hydrogen (secondary N) is 2. The fraction of sp³-hybridized carbons (Fsp3) is 0.333. The number of hydrogen-bond acceptors (Lipinski definition) is 3. The first-order chi connectivity index (χ1) is 7.77. The maximum Gasteiger partial charge on any atom is 0.225 e. The van der Waals surface area contributed by atoms with Gasteiger partial charge >= 0.3 is 0 Å². The Balaban J connectivity index is 2.53. The van der Waals surface area contributed by atoms with E-state index in [4.69, 9.17) is 5.26 Å². The van der Waals surface area contributed by atoms with E-state index in [1.54, 1.807) is 24.3 Å². The Kier molecular flexibility index (Phi) is 5.03. The maximum atomic E-state index is 11.5. The Morgan fingerprint density at radius 3 is 2.88 bits per heavy atom. The molecule has 0 spiro atoms. The molecular formula is C12H15N3O. The highest BCUT2D eigenvalue weighted by Gasteiger charge is 2.05. The zero-order valence-electron chi connectivity index (χ0n) is 9.29. The topological polar surface area (TPSA) is 64.9 Å². The van der Waals surface area contributed by atoms with Crippen molar-refractivity contribution in [3.05, 3.63) is 29.8 Å². The monoisotopic (exact) mass is 217 g/mol. The minimum absolute atomic E-state index is 0.0800. The van der Waals surface area contributed by atoms with Crippen LogP contribution in [0.15, 0.2) is 24.3 Å². The van der Waals surface area contributed by atoms with Crippen molar-refractivity contribution in [3.63, 3.8) is 0 Å². The average molecular weight is 217 g/mol. The third-order valence-corrected chi connectivity index (χ3v) is 2.10. The first-order valence-electron chi connectivity index (χ1n) is 5.27. The van der Waals surface area contributed by atoms with Gasteiger partial charge < -0.3 is 10.6 Å². The van der Waals surface area contributed by atoms with Gasteiger partial charge in [0.25, 0.3) is 0 Å². The van der Waals surface area contributed by atoms with Crippen LogP contribution in [0.2, 0.25) is 0 Å². The predicted octanol–water partition coefficient (Wildman–Crippen LogP) is 1.50. The quantitative estimate of drug-likeness (QED) is 0.734. The second kappa shape index (κ2) is 6.59. The van der Waals surface area contributed by atoms with Crippen LogP contribution in [-0.4, -0.2) is 19.0 Å². The van der Waals surface area contributed by atoms with Gasteiger partial charge in [-0.15, -0.1) is 0 Å². The summed E-state index contributed by atoms with van der Waals surface area (Å²) in [6.07, 6.45) is 0.410. The summed E-state index contributed by atoms with van der Waals surface area (Å²) < 4.78 is 0. The zero-order chi connectivity index (χ0) is 11.8. The molecule has 1 rings (SSSR count). The summed E-state index contributed by atoms with van der Waals surface area (Å²) in [5.74, 6) is -0.0800. The lowest BCUT2D eigenvalue weighted by Crippen LogP contribution is -2.21. The first kappa shape index (κ1) is 12.2. The Morgan fingerprint density at radius 1 is 1.44 bits per heavy atom. The fourth-order valence-electron chi connectivity index (χ4n) is 1.28. The molecule has 1 amide bonds. The highest BCUT2D eigenvalue weighted by Crippen LogP contribution is 2.13. The molecule has 2 N–H and O–H groups in total. The second-order valence-electron chi connectivity index (χ2n) is 3.31. The summed E-state index contributed by atoms with van der Waals surface area (Å²) in [6.45, 7) is 3.49. The Hall–Kier alpha value is -1.86. The molecule has 0 radical (unpaired) electrons. The molecule has 0 aliphatic rings. The van der Waals surface area contributed by atoms with Crippen molar-refractivity contribution in [1.29, 1.82) is 5.26 Å². The number of nitriles is 1. The van der Waals surface area contributed by atoms with Gasteiger partial charge in [-0.25, -0.2) is 0 Å². The summed E-state index contributed by atoms with van der Waals surface area (Å²) in [4.78, 5) is 11.5. The minimum atomic E-state index is -0.0800. The summed E-state index contributed by atoms with van der Waals surface area (Å²) in [7, 11) is 0. The molecule has 0 aliphatic carbocycles. The van der Waals surface area contributed by atoms with E-state index in [0.717, 1.165) is 6.54 Å². The zero-order valence-corrected chi connectivity index (χ0v) is 9.29. The van der Waals surface area contributed by atoms with Gasteiger partial charge in [-0.2, -0.15) is 5.26 Å². The molecular weight excluding hydrogens is 202 g/mol. The number of anilines is 1. The van der Waals surface area contributed by atoms with Gasteiger partial charge in [-0.05, 0) is 18.7 Å². The molecule has 1 aromatic carbocycles. The largest absolute Gasteiger partial charge is 0.325 e. The Labute approximate surface area is 95.3 Å². The van der Waals surface area contributed by atoms with E-state index in [2.05, 4.69) is 10.6 Å². The van der Waals surface area contributed by atoms with Crippen LogP contribution in [0.25, 0.3) is 0 Å². The molecule has 84 valence electrons. The lowest BCUT2D eigenvalue weighted by Gasteiger charge is -2.06. The van der Waals surface area contributed by atoms with E-state index >= 15 is 0 Å². The van der Waals surface area contributed by atoms with Crippen molar-refractivity contribution < 1.29 is 4.79 Å². The van der Waals surface area contributed by atoms with Gasteiger partial charge in [-0.1, -0.05) is 19.1 Å². The number of amides is 1. The highest BCUT2D eigenvalue weighted by molar-refractivity contribution is 5.92. The van der Waals surface area contributed by atoms with Crippen LogP contribution in [0.1, 0.15) is 18.9 Å². The third kappa shape index (κ3) is 3.71. The van der Waals surface area contributed by atoms with Crippen LogP contribution in [0.4, 0.5) is 5.69 Å².